The lowest BCUT2D eigenvalue weighted by molar-refractivity contribution is 0.953. The Kier molecular flexibility index (Phi) is 7.37. The number of thiophene rings is 1. The van der Waals surface area contributed by atoms with Gasteiger partial charge in [-0.05, 0) is 116 Å². The third-order valence-corrected chi connectivity index (χ3v) is 12.1. The number of nitrogens with zero attached hydrogens (tertiary/aromatic N) is 2. The van der Waals surface area contributed by atoms with Gasteiger partial charge in [-0.25, -0.2) is 0 Å². The number of aromatic nitrogens is 1. The Bertz CT molecular complexity index is 2820. The SMILES string of the molecule is C/C=C(\C1=C(C)CC2=C1CCC=C2)N(c1ccc2c(c1)c1cc(-c3ccccc3)ccc1n2-c1ccccc1)c1cccc2sc3ccccc3c12. The molecule has 0 amide bonds. The fraction of sp³-hybridized carbons (Fsp3) is 0.102. The minimum absolute atomic E-state index is 1.02. The average molecular weight is 687 g/mol. The van der Waals surface area contributed by atoms with E-state index in [-0.39, 0.29) is 0 Å². The van der Waals surface area contributed by atoms with Crippen molar-refractivity contribution in [3.8, 4) is 16.8 Å². The van der Waals surface area contributed by atoms with E-state index in [4.69, 9.17) is 0 Å². The quantitative estimate of drug-likeness (QED) is 0.169. The summed E-state index contributed by atoms with van der Waals surface area (Å²) in [5.41, 5.74) is 15.5. The number of allylic oxidation sites excluding steroid dienone is 6. The standard InChI is InChI=1S/C49H38N2S/c1-3-42(48-32(2)29-35-17-10-11-20-38(35)48)51(45-22-14-24-47-49(45)39-21-12-13-23-46(39)52-47)37-26-28-44-41(31-37)40-30-34(33-15-6-4-7-16-33)25-27-43(40)50(44)36-18-8-5-9-19-36/h3-10,12-19,21-28,30-31H,11,20,29H2,1-2H3/b42-3+. The summed E-state index contributed by atoms with van der Waals surface area (Å²) in [4.78, 5) is 2.57. The van der Waals surface area contributed by atoms with Crippen LogP contribution in [0.5, 0.6) is 0 Å². The molecule has 0 fully saturated rings. The number of hydrogen-bond donors (Lipinski definition) is 0. The molecule has 2 aliphatic carbocycles. The molecule has 0 saturated heterocycles. The van der Waals surface area contributed by atoms with Gasteiger partial charge in [-0.1, -0.05) is 103 Å². The first-order valence-electron chi connectivity index (χ1n) is 18.3. The van der Waals surface area contributed by atoms with E-state index >= 15 is 0 Å². The molecule has 2 nitrogen and oxygen atoms in total. The Morgan fingerprint density at radius 3 is 2.25 bits per heavy atom. The molecule has 2 aromatic heterocycles. The van der Waals surface area contributed by atoms with Gasteiger partial charge in [-0.15, -0.1) is 11.3 Å². The molecule has 250 valence electrons. The highest BCUT2D eigenvalue weighted by Gasteiger charge is 2.30. The number of rotatable bonds is 6. The first kappa shape index (κ1) is 30.9. The maximum absolute atomic E-state index is 2.57. The Morgan fingerprint density at radius 2 is 1.42 bits per heavy atom. The minimum atomic E-state index is 1.02. The lowest BCUT2D eigenvalue weighted by Crippen LogP contribution is -2.19. The first-order chi connectivity index (χ1) is 25.7. The molecular weight excluding hydrogens is 649 g/mol. The number of anilines is 2. The molecule has 8 aromatic rings. The Hall–Kier alpha value is -5.90. The molecule has 6 aromatic carbocycles. The zero-order valence-electron chi connectivity index (χ0n) is 29.4. The Morgan fingerprint density at radius 1 is 0.692 bits per heavy atom. The first-order valence-corrected chi connectivity index (χ1v) is 19.1. The summed E-state index contributed by atoms with van der Waals surface area (Å²) < 4.78 is 5.05. The molecule has 2 heterocycles. The predicted molar refractivity (Wildman–Crippen MR) is 224 cm³/mol. The number of benzene rings is 6. The van der Waals surface area contributed by atoms with Crippen molar-refractivity contribution in [1.29, 1.82) is 0 Å². The maximum atomic E-state index is 2.57. The normalized spacial score (nSPS) is 14.8. The second-order valence-corrected chi connectivity index (χ2v) is 15.1. The van der Waals surface area contributed by atoms with Gasteiger partial charge in [0.1, 0.15) is 0 Å². The van der Waals surface area contributed by atoms with Gasteiger partial charge in [-0.2, -0.15) is 0 Å². The van der Waals surface area contributed by atoms with Crippen LogP contribution in [0.25, 0.3) is 58.8 Å². The van der Waals surface area contributed by atoms with Crippen molar-refractivity contribution in [1.82, 2.24) is 4.57 Å². The van der Waals surface area contributed by atoms with Crippen LogP contribution in [0.3, 0.4) is 0 Å². The van der Waals surface area contributed by atoms with Crippen molar-refractivity contribution in [2.24, 2.45) is 0 Å². The van der Waals surface area contributed by atoms with E-state index in [0.717, 1.165) is 19.3 Å². The van der Waals surface area contributed by atoms with Gasteiger partial charge in [-0.3, -0.25) is 0 Å². The van der Waals surface area contributed by atoms with Gasteiger partial charge in [0, 0.05) is 53.6 Å². The highest BCUT2D eigenvalue weighted by atomic mass is 32.1. The third kappa shape index (κ3) is 4.84. The molecule has 0 atom stereocenters. The predicted octanol–water partition coefficient (Wildman–Crippen LogP) is 14.2. The molecule has 52 heavy (non-hydrogen) atoms. The molecule has 0 bridgehead atoms. The van der Waals surface area contributed by atoms with Crippen LogP contribution in [0.15, 0.2) is 186 Å². The highest BCUT2D eigenvalue weighted by Crippen LogP contribution is 2.49. The van der Waals surface area contributed by atoms with Crippen molar-refractivity contribution in [3.05, 3.63) is 186 Å². The summed E-state index contributed by atoms with van der Waals surface area (Å²) in [5.74, 6) is 0. The Balaban J connectivity index is 1.27. The Labute approximate surface area is 308 Å². The summed E-state index contributed by atoms with van der Waals surface area (Å²) in [7, 11) is 0. The summed E-state index contributed by atoms with van der Waals surface area (Å²) in [6, 6.07) is 51.4. The van der Waals surface area contributed by atoms with Gasteiger partial charge in [0.2, 0.25) is 0 Å². The molecule has 0 unspecified atom stereocenters. The average Bonchev–Trinajstić information content (AvgIpc) is 3.86. The topological polar surface area (TPSA) is 8.17 Å². The largest absolute Gasteiger partial charge is 0.310 e. The number of hydrogen-bond acceptors (Lipinski definition) is 2. The zero-order valence-corrected chi connectivity index (χ0v) is 30.3. The smallest absolute Gasteiger partial charge is 0.0554 e. The van der Waals surface area contributed by atoms with E-state index in [1.807, 2.05) is 11.3 Å². The molecule has 2 aliphatic rings. The summed E-state index contributed by atoms with van der Waals surface area (Å²) in [6.07, 6.45) is 10.3. The van der Waals surface area contributed by atoms with Crippen LogP contribution < -0.4 is 4.90 Å². The van der Waals surface area contributed by atoms with Crippen LogP contribution in [0, 0.1) is 0 Å². The second kappa shape index (κ2) is 12.4. The molecule has 0 spiro atoms. The third-order valence-electron chi connectivity index (χ3n) is 11.0. The van der Waals surface area contributed by atoms with E-state index in [1.54, 1.807) is 0 Å². The van der Waals surface area contributed by atoms with Gasteiger partial charge in [0.15, 0.2) is 0 Å². The van der Waals surface area contributed by atoms with Gasteiger partial charge >= 0.3 is 0 Å². The monoisotopic (exact) mass is 686 g/mol. The van der Waals surface area contributed by atoms with Crippen LogP contribution in [0.2, 0.25) is 0 Å². The van der Waals surface area contributed by atoms with Crippen LogP contribution in [0.4, 0.5) is 11.4 Å². The number of fused-ring (bicyclic) bond motifs is 6. The summed E-state index contributed by atoms with van der Waals surface area (Å²) in [6.45, 7) is 4.56. The molecule has 0 N–H and O–H groups in total. The second-order valence-electron chi connectivity index (χ2n) is 14.0. The minimum Gasteiger partial charge on any atom is -0.310 e. The molecule has 0 aliphatic heterocycles. The fourth-order valence-electron chi connectivity index (χ4n) is 8.72. The van der Waals surface area contributed by atoms with E-state index in [2.05, 4.69) is 181 Å². The van der Waals surface area contributed by atoms with Gasteiger partial charge < -0.3 is 9.47 Å². The molecular formula is C49H38N2S. The van der Waals surface area contributed by atoms with Crippen molar-refractivity contribution in [2.75, 3.05) is 4.90 Å². The van der Waals surface area contributed by atoms with Crippen LogP contribution in [-0.4, -0.2) is 4.57 Å². The van der Waals surface area contributed by atoms with Crippen LogP contribution in [-0.2, 0) is 0 Å². The lowest BCUT2D eigenvalue weighted by atomic mass is 9.92. The zero-order chi connectivity index (χ0) is 34.8. The maximum Gasteiger partial charge on any atom is 0.0554 e. The van der Waals surface area contributed by atoms with E-state index in [0.29, 0.717) is 0 Å². The number of para-hydroxylation sites is 1. The van der Waals surface area contributed by atoms with Gasteiger partial charge in [0.05, 0.1) is 16.7 Å². The van der Waals surface area contributed by atoms with Crippen molar-refractivity contribution in [3.63, 3.8) is 0 Å². The molecule has 0 saturated carbocycles. The lowest BCUT2D eigenvalue weighted by Gasteiger charge is -2.31. The van der Waals surface area contributed by atoms with E-state index in [1.165, 1.54) is 98.2 Å². The van der Waals surface area contributed by atoms with Crippen molar-refractivity contribution in [2.45, 2.75) is 33.1 Å². The molecule has 0 radical (unpaired) electrons. The van der Waals surface area contributed by atoms with E-state index in [9.17, 15) is 0 Å². The van der Waals surface area contributed by atoms with Crippen molar-refractivity contribution >= 4 is 64.7 Å². The van der Waals surface area contributed by atoms with Crippen LogP contribution in [0.1, 0.15) is 33.1 Å². The molecule has 10 rings (SSSR count). The van der Waals surface area contributed by atoms with Gasteiger partial charge in [0.25, 0.3) is 0 Å². The van der Waals surface area contributed by atoms with Crippen molar-refractivity contribution < 1.29 is 0 Å². The summed E-state index contributed by atoms with van der Waals surface area (Å²) >= 11 is 1.88. The van der Waals surface area contributed by atoms with E-state index < -0.39 is 0 Å². The summed E-state index contributed by atoms with van der Waals surface area (Å²) in [5, 5.41) is 5.12. The molecule has 3 heteroatoms. The fourth-order valence-corrected chi connectivity index (χ4v) is 9.85. The van der Waals surface area contributed by atoms with Crippen LogP contribution >= 0.6 is 11.3 Å². The highest BCUT2D eigenvalue weighted by molar-refractivity contribution is 7.26.